The van der Waals surface area contributed by atoms with E-state index in [1.807, 2.05) is 6.07 Å². The average molecular weight is 269 g/mol. The second-order valence-corrected chi connectivity index (χ2v) is 3.85. The molecule has 2 aromatic rings. The first-order chi connectivity index (χ1) is 9.67. The van der Waals surface area contributed by atoms with E-state index in [9.17, 15) is 4.79 Å². The van der Waals surface area contributed by atoms with Crippen molar-refractivity contribution in [2.45, 2.75) is 0 Å². The van der Waals surface area contributed by atoms with Gasteiger partial charge in [0.1, 0.15) is 11.8 Å². The molecular formula is C14H11N3O3. The summed E-state index contributed by atoms with van der Waals surface area (Å²) in [5, 5.41) is 21.2. The number of nitrogens with zero attached hydrogens (tertiary/aromatic N) is 2. The number of carboxylic acid groups (broad SMARTS) is 1. The van der Waals surface area contributed by atoms with Crippen molar-refractivity contribution in [3.63, 3.8) is 0 Å². The lowest BCUT2D eigenvalue weighted by Gasteiger charge is -2.13. The third-order valence-electron chi connectivity index (χ3n) is 2.68. The molecule has 0 fully saturated rings. The van der Waals surface area contributed by atoms with Crippen LogP contribution in [0.4, 0.5) is 11.4 Å². The summed E-state index contributed by atoms with van der Waals surface area (Å²) in [6, 6.07) is 8.39. The predicted octanol–water partition coefficient (Wildman–Crippen LogP) is 2.40. The molecule has 1 aromatic heterocycles. The number of para-hydroxylation sites is 1. The lowest BCUT2D eigenvalue weighted by molar-refractivity contribution is 0.0698. The fraction of sp³-hybridized carbons (Fsp3) is 0.0714. The van der Waals surface area contributed by atoms with Crippen LogP contribution in [0.1, 0.15) is 15.9 Å². The van der Waals surface area contributed by atoms with Gasteiger partial charge in [0.25, 0.3) is 0 Å². The molecule has 1 aromatic carbocycles. The van der Waals surface area contributed by atoms with Gasteiger partial charge < -0.3 is 15.2 Å². The van der Waals surface area contributed by atoms with Crippen LogP contribution in [0.3, 0.4) is 0 Å². The molecule has 0 aliphatic rings. The van der Waals surface area contributed by atoms with Crippen LogP contribution in [-0.4, -0.2) is 23.2 Å². The maximum atomic E-state index is 11.2. The first kappa shape index (κ1) is 13.4. The molecule has 0 aliphatic heterocycles. The van der Waals surface area contributed by atoms with Crippen molar-refractivity contribution in [1.29, 1.82) is 5.26 Å². The zero-order valence-electron chi connectivity index (χ0n) is 10.6. The number of nitrogens with one attached hydrogen (secondary N) is 1. The molecule has 0 unspecified atom stereocenters. The molecule has 100 valence electrons. The van der Waals surface area contributed by atoms with Gasteiger partial charge in [-0.25, -0.2) is 4.79 Å². The fourth-order valence-electron chi connectivity index (χ4n) is 1.74. The molecule has 0 aliphatic carbocycles. The number of nitriles is 1. The molecule has 6 heteroatoms. The lowest BCUT2D eigenvalue weighted by Crippen LogP contribution is -2.05. The Morgan fingerprint density at radius 1 is 1.45 bits per heavy atom. The largest absolute Gasteiger partial charge is 0.495 e. The molecule has 0 amide bonds. The predicted molar refractivity (Wildman–Crippen MR) is 72.2 cm³/mol. The highest BCUT2D eigenvalue weighted by atomic mass is 16.5. The van der Waals surface area contributed by atoms with E-state index >= 15 is 0 Å². The molecule has 0 bridgehead atoms. The van der Waals surface area contributed by atoms with E-state index in [2.05, 4.69) is 10.3 Å². The van der Waals surface area contributed by atoms with Gasteiger partial charge in [-0.2, -0.15) is 5.26 Å². The van der Waals surface area contributed by atoms with E-state index in [4.69, 9.17) is 15.1 Å². The third kappa shape index (κ3) is 2.52. The second kappa shape index (κ2) is 5.71. The number of benzene rings is 1. The van der Waals surface area contributed by atoms with E-state index in [1.165, 1.54) is 25.6 Å². The van der Waals surface area contributed by atoms with Crippen molar-refractivity contribution in [2.24, 2.45) is 0 Å². The number of pyridine rings is 1. The number of carbonyl (C=O) groups is 1. The zero-order valence-corrected chi connectivity index (χ0v) is 10.6. The van der Waals surface area contributed by atoms with Gasteiger partial charge in [-0.3, -0.25) is 4.98 Å². The summed E-state index contributed by atoms with van der Waals surface area (Å²) < 4.78 is 5.18. The Morgan fingerprint density at radius 3 is 2.90 bits per heavy atom. The number of anilines is 2. The van der Waals surface area contributed by atoms with Gasteiger partial charge in [-0.1, -0.05) is 6.07 Å². The summed E-state index contributed by atoms with van der Waals surface area (Å²) >= 11 is 0. The quantitative estimate of drug-likeness (QED) is 0.884. The highest BCUT2D eigenvalue weighted by Crippen LogP contribution is 2.31. The molecule has 0 atom stereocenters. The van der Waals surface area contributed by atoms with Crippen LogP contribution in [-0.2, 0) is 0 Å². The van der Waals surface area contributed by atoms with Gasteiger partial charge in [-0.05, 0) is 18.2 Å². The summed E-state index contributed by atoms with van der Waals surface area (Å²) in [5.74, 6) is -0.632. The number of aromatic nitrogens is 1. The van der Waals surface area contributed by atoms with Crippen molar-refractivity contribution >= 4 is 17.3 Å². The van der Waals surface area contributed by atoms with Gasteiger partial charge in [0, 0.05) is 6.20 Å². The summed E-state index contributed by atoms with van der Waals surface area (Å²) in [6.45, 7) is 0. The minimum absolute atomic E-state index is 0.0646. The Hall–Kier alpha value is -3.07. The van der Waals surface area contributed by atoms with Crippen LogP contribution in [0.25, 0.3) is 0 Å². The number of carboxylic acids is 1. The minimum Gasteiger partial charge on any atom is -0.495 e. The Kier molecular flexibility index (Phi) is 3.82. The van der Waals surface area contributed by atoms with E-state index in [-0.39, 0.29) is 5.56 Å². The van der Waals surface area contributed by atoms with Crippen molar-refractivity contribution < 1.29 is 14.6 Å². The number of hydrogen-bond donors (Lipinski definition) is 2. The Balaban J connectivity index is 2.51. The Labute approximate surface area is 115 Å². The summed E-state index contributed by atoms with van der Waals surface area (Å²) in [5.41, 5.74) is 1.12. The number of aromatic carboxylic acids is 1. The van der Waals surface area contributed by atoms with Crippen molar-refractivity contribution in [1.82, 2.24) is 4.98 Å². The zero-order chi connectivity index (χ0) is 14.5. The molecule has 0 saturated heterocycles. The van der Waals surface area contributed by atoms with Crippen LogP contribution in [0.2, 0.25) is 0 Å². The van der Waals surface area contributed by atoms with Gasteiger partial charge in [0.2, 0.25) is 0 Å². The van der Waals surface area contributed by atoms with E-state index in [1.54, 1.807) is 18.2 Å². The topological polar surface area (TPSA) is 95.2 Å². The number of hydrogen-bond acceptors (Lipinski definition) is 5. The van der Waals surface area contributed by atoms with Crippen LogP contribution in [0.5, 0.6) is 5.75 Å². The molecule has 0 saturated carbocycles. The molecular weight excluding hydrogens is 258 g/mol. The van der Waals surface area contributed by atoms with Crippen LogP contribution in [0, 0.1) is 11.3 Å². The van der Waals surface area contributed by atoms with Crippen LogP contribution >= 0.6 is 0 Å². The highest BCUT2D eigenvalue weighted by molar-refractivity contribution is 5.95. The molecule has 0 spiro atoms. The smallest absolute Gasteiger partial charge is 0.337 e. The van der Waals surface area contributed by atoms with Gasteiger partial charge in [0.15, 0.2) is 0 Å². The maximum absolute atomic E-state index is 11.2. The SMILES string of the molecule is COc1cccc(C#N)c1Nc1cnccc1C(=O)O. The molecule has 20 heavy (non-hydrogen) atoms. The third-order valence-corrected chi connectivity index (χ3v) is 2.68. The highest BCUT2D eigenvalue weighted by Gasteiger charge is 2.14. The van der Waals surface area contributed by atoms with Crippen molar-refractivity contribution in [3.05, 3.63) is 47.8 Å². The van der Waals surface area contributed by atoms with E-state index in [0.717, 1.165) is 0 Å². The Bertz CT molecular complexity index is 692. The monoisotopic (exact) mass is 269 g/mol. The summed E-state index contributed by atoms with van der Waals surface area (Å²) in [4.78, 5) is 15.0. The first-order valence-electron chi connectivity index (χ1n) is 5.68. The van der Waals surface area contributed by atoms with E-state index in [0.29, 0.717) is 22.7 Å². The first-order valence-corrected chi connectivity index (χ1v) is 5.68. The molecule has 0 radical (unpaired) electrons. The van der Waals surface area contributed by atoms with Crippen molar-refractivity contribution in [2.75, 3.05) is 12.4 Å². The average Bonchev–Trinajstić information content (AvgIpc) is 2.47. The normalized spacial score (nSPS) is 9.60. The molecule has 6 nitrogen and oxygen atoms in total. The maximum Gasteiger partial charge on any atom is 0.337 e. The summed E-state index contributed by atoms with van der Waals surface area (Å²) in [7, 11) is 1.48. The second-order valence-electron chi connectivity index (χ2n) is 3.85. The molecule has 2 N–H and O–H groups in total. The van der Waals surface area contributed by atoms with E-state index < -0.39 is 5.97 Å². The van der Waals surface area contributed by atoms with Crippen LogP contribution in [0.15, 0.2) is 36.7 Å². The minimum atomic E-state index is -1.08. The molecule has 2 rings (SSSR count). The number of ether oxygens (including phenoxy) is 1. The Morgan fingerprint density at radius 2 is 2.25 bits per heavy atom. The lowest BCUT2D eigenvalue weighted by atomic mass is 10.1. The molecule has 1 heterocycles. The fourth-order valence-corrected chi connectivity index (χ4v) is 1.74. The number of rotatable bonds is 4. The summed E-state index contributed by atoms with van der Waals surface area (Å²) in [6.07, 6.45) is 2.78. The van der Waals surface area contributed by atoms with Gasteiger partial charge >= 0.3 is 5.97 Å². The van der Waals surface area contributed by atoms with Gasteiger partial charge in [0.05, 0.1) is 35.8 Å². The van der Waals surface area contributed by atoms with Crippen LogP contribution < -0.4 is 10.1 Å². The standard InChI is InChI=1S/C14H11N3O3/c1-20-12-4-2-3-9(7-15)13(12)17-11-8-16-6-5-10(11)14(18)19/h2-6,8,17H,1H3,(H,18,19). The van der Waals surface area contributed by atoms with Crippen molar-refractivity contribution in [3.8, 4) is 11.8 Å². The number of methoxy groups -OCH3 is 1. The van der Waals surface area contributed by atoms with Gasteiger partial charge in [-0.15, -0.1) is 0 Å².